The number of methoxy groups -OCH3 is 1. The number of β-amino-alcohol motifs (C(OH)–C–C–N with tert-alkyl or cyclic N) is 1. The highest BCUT2D eigenvalue weighted by molar-refractivity contribution is 6.17. The van der Waals surface area contributed by atoms with Crippen LogP contribution in [0.3, 0.4) is 0 Å². The van der Waals surface area contributed by atoms with Crippen LogP contribution in [0.1, 0.15) is 0 Å². The van der Waals surface area contributed by atoms with Gasteiger partial charge in [-0.3, -0.25) is 14.5 Å². The van der Waals surface area contributed by atoms with Gasteiger partial charge in [-0.1, -0.05) is 24.3 Å². The smallest absolute Gasteiger partial charge is 0.277 e. The van der Waals surface area contributed by atoms with Crippen LogP contribution in [0.5, 0.6) is 5.75 Å². The number of rotatable bonds is 6. The van der Waals surface area contributed by atoms with Gasteiger partial charge in [0.25, 0.3) is 11.8 Å². The maximum atomic E-state index is 12.1. The van der Waals surface area contributed by atoms with E-state index in [2.05, 4.69) is 5.32 Å². The SMILES string of the molecule is COc1cccc(-c2ccc(NC3=CC(=O)N(CCO)C3=O)cc2)c1. The summed E-state index contributed by atoms with van der Waals surface area (Å²) in [6, 6.07) is 15.2. The number of nitrogens with zero attached hydrogens (tertiary/aromatic N) is 1. The van der Waals surface area contributed by atoms with Gasteiger partial charge in [0.1, 0.15) is 11.4 Å². The zero-order valence-corrected chi connectivity index (χ0v) is 13.7. The predicted molar refractivity (Wildman–Crippen MR) is 93.9 cm³/mol. The Kier molecular flexibility index (Phi) is 4.81. The first-order valence-electron chi connectivity index (χ1n) is 7.82. The molecule has 0 saturated carbocycles. The monoisotopic (exact) mass is 338 g/mol. The number of nitrogens with one attached hydrogen (secondary N) is 1. The number of ether oxygens (including phenoxy) is 1. The Balaban J connectivity index is 1.74. The van der Waals surface area contributed by atoms with Crippen molar-refractivity contribution in [1.82, 2.24) is 4.90 Å². The molecular weight excluding hydrogens is 320 g/mol. The third-order valence-corrected chi connectivity index (χ3v) is 3.90. The molecule has 1 aliphatic rings. The molecule has 1 aliphatic heterocycles. The Labute approximate surface area is 145 Å². The molecular formula is C19H18N2O4. The number of benzene rings is 2. The van der Waals surface area contributed by atoms with E-state index in [0.29, 0.717) is 5.69 Å². The third kappa shape index (κ3) is 3.54. The second-order valence-corrected chi connectivity index (χ2v) is 5.51. The summed E-state index contributed by atoms with van der Waals surface area (Å²) >= 11 is 0. The molecule has 3 rings (SSSR count). The fourth-order valence-corrected chi connectivity index (χ4v) is 2.61. The molecule has 0 fully saturated rings. The molecule has 25 heavy (non-hydrogen) atoms. The van der Waals surface area contributed by atoms with Crippen molar-refractivity contribution in [1.29, 1.82) is 0 Å². The van der Waals surface area contributed by atoms with Crippen LogP contribution >= 0.6 is 0 Å². The minimum Gasteiger partial charge on any atom is -0.497 e. The second kappa shape index (κ2) is 7.19. The highest BCUT2D eigenvalue weighted by Gasteiger charge is 2.30. The van der Waals surface area contributed by atoms with Crippen LogP contribution in [0.2, 0.25) is 0 Å². The summed E-state index contributed by atoms with van der Waals surface area (Å²) in [5.41, 5.74) is 2.93. The first-order chi connectivity index (χ1) is 12.1. The summed E-state index contributed by atoms with van der Waals surface area (Å²) in [5.74, 6) is -0.0747. The molecule has 2 amide bonds. The molecule has 0 atom stereocenters. The van der Waals surface area contributed by atoms with E-state index in [0.717, 1.165) is 21.8 Å². The van der Waals surface area contributed by atoms with Gasteiger partial charge in [-0.15, -0.1) is 0 Å². The highest BCUT2D eigenvalue weighted by Crippen LogP contribution is 2.26. The lowest BCUT2D eigenvalue weighted by Crippen LogP contribution is -2.34. The van der Waals surface area contributed by atoms with Crippen molar-refractivity contribution >= 4 is 17.5 Å². The third-order valence-electron chi connectivity index (χ3n) is 3.90. The minimum absolute atomic E-state index is 0.00583. The van der Waals surface area contributed by atoms with Gasteiger partial charge in [0.2, 0.25) is 0 Å². The van der Waals surface area contributed by atoms with Crippen LogP contribution in [-0.4, -0.2) is 42.1 Å². The number of carbonyl (C=O) groups excluding carboxylic acids is 2. The lowest BCUT2D eigenvalue weighted by atomic mass is 10.1. The Bertz CT molecular complexity index is 828. The van der Waals surface area contributed by atoms with Crippen molar-refractivity contribution in [2.45, 2.75) is 0 Å². The number of carbonyl (C=O) groups is 2. The van der Waals surface area contributed by atoms with Gasteiger partial charge < -0.3 is 15.2 Å². The number of amides is 2. The van der Waals surface area contributed by atoms with Gasteiger partial charge >= 0.3 is 0 Å². The first kappa shape index (κ1) is 16.7. The molecule has 0 unspecified atom stereocenters. The number of aliphatic hydroxyl groups is 1. The first-order valence-corrected chi connectivity index (χ1v) is 7.82. The summed E-state index contributed by atoms with van der Waals surface area (Å²) in [5, 5.41) is 11.9. The topological polar surface area (TPSA) is 78.9 Å². The molecule has 6 heteroatoms. The van der Waals surface area contributed by atoms with E-state index in [1.807, 2.05) is 48.5 Å². The minimum atomic E-state index is -0.434. The summed E-state index contributed by atoms with van der Waals surface area (Å²) in [7, 11) is 1.62. The zero-order chi connectivity index (χ0) is 17.8. The fraction of sp³-hybridized carbons (Fsp3) is 0.158. The van der Waals surface area contributed by atoms with Crippen molar-refractivity contribution in [3.8, 4) is 16.9 Å². The molecule has 2 aromatic rings. The molecule has 1 heterocycles. The van der Waals surface area contributed by atoms with Gasteiger partial charge in [0, 0.05) is 11.8 Å². The highest BCUT2D eigenvalue weighted by atomic mass is 16.5. The van der Waals surface area contributed by atoms with E-state index in [1.54, 1.807) is 7.11 Å². The van der Waals surface area contributed by atoms with E-state index >= 15 is 0 Å². The molecule has 128 valence electrons. The predicted octanol–water partition coefficient (Wildman–Crippen LogP) is 2.02. The quantitative estimate of drug-likeness (QED) is 0.788. The number of hydrogen-bond donors (Lipinski definition) is 2. The number of aliphatic hydroxyl groups excluding tert-OH is 1. The second-order valence-electron chi connectivity index (χ2n) is 5.51. The molecule has 0 bridgehead atoms. The Morgan fingerprint density at radius 2 is 1.84 bits per heavy atom. The number of imide groups is 1. The van der Waals surface area contributed by atoms with Crippen molar-refractivity contribution in [2.24, 2.45) is 0 Å². The Morgan fingerprint density at radius 3 is 2.52 bits per heavy atom. The van der Waals surface area contributed by atoms with Crippen molar-refractivity contribution in [3.63, 3.8) is 0 Å². The Morgan fingerprint density at radius 1 is 1.08 bits per heavy atom. The lowest BCUT2D eigenvalue weighted by molar-refractivity contribution is -0.137. The van der Waals surface area contributed by atoms with Gasteiger partial charge in [-0.25, -0.2) is 0 Å². The van der Waals surface area contributed by atoms with Crippen LogP contribution in [0.4, 0.5) is 5.69 Å². The van der Waals surface area contributed by atoms with Gasteiger partial charge in [-0.05, 0) is 35.4 Å². The van der Waals surface area contributed by atoms with E-state index < -0.39 is 11.8 Å². The molecule has 6 nitrogen and oxygen atoms in total. The normalized spacial score (nSPS) is 13.8. The van der Waals surface area contributed by atoms with E-state index in [1.165, 1.54) is 6.08 Å². The molecule has 2 aromatic carbocycles. The average molecular weight is 338 g/mol. The van der Waals surface area contributed by atoms with Crippen LogP contribution in [0.15, 0.2) is 60.3 Å². The maximum absolute atomic E-state index is 12.1. The maximum Gasteiger partial charge on any atom is 0.277 e. The van der Waals surface area contributed by atoms with Crippen molar-refractivity contribution in [3.05, 3.63) is 60.3 Å². The molecule has 0 radical (unpaired) electrons. The van der Waals surface area contributed by atoms with Crippen LogP contribution < -0.4 is 10.1 Å². The number of hydrogen-bond acceptors (Lipinski definition) is 5. The molecule has 0 spiro atoms. The molecule has 0 saturated heterocycles. The fourth-order valence-electron chi connectivity index (χ4n) is 2.61. The standard InChI is InChI=1S/C19H18N2O4/c1-25-16-4-2-3-14(11-16)13-5-7-15(8-6-13)20-17-12-18(23)21(9-10-22)19(17)24/h2-8,11-12,20,22H,9-10H2,1H3. The van der Waals surface area contributed by atoms with E-state index in [4.69, 9.17) is 9.84 Å². The van der Waals surface area contributed by atoms with Crippen LogP contribution in [0, 0.1) is 0 Å². The zero-order valence-electron chi connectivity index (χ0n) is 13.7. The summed E-state index contributed by atoms with van der Waals surface area (Å²) in [6.45, 7) is -0.262. The van der Waals surface area contributed by atoms with Gasteiger partial charge in [0.15, 0.2) is 0 Å². The van der Waals surface area contributed by atoms with Gasteiger partial charge in [-0.2, -0.15) is 0 Å². The molecule has 0 aromatic heterocycles. The van der Waals surface area contributed by atoms with Gasteiger partial charge in [0.05, 0.1) is 20.3 Å². The van der Waals surface area contributed by atoms with Crippen molar-refractivity contribution in [2.75, 3.05) is 25.6 Å². The average Bonchev–Trinajstić information content (AvgIpc) is 2.90. The number of anilines is 1. The Hall–Kier alpha value is -3.12. The van der Waals surface area contributed by atoms with Crippen LogP contribution in [0.25, 0.3) is 11.1 Å². The lowest BCUT2D eigenvalue weighted by Gasteiger charge is -2.13. The summed E-state index contributed by atoms with van der Waals surface area (Å²) in [4.78, 5) is 24.9. The van der Waals surface area contributed by atoms with Crippen LogP contribution in [-0.2, 0) is 9.59 Å². The summed E-state index contributed by atoms with van der Waals surface area (Å²) < 4.78 is 5.23. The van der Waals surface area contributed by atoms with E-state index in [-0.39, 0.29) is 18.8 Å². The molecule has 0 aliphatic carbocycles. The van der Waals surface area contributed by atoms with E-state index in [9.17, 15) is 9.59 Å². The van der Waals surface area contributed by atoms with Crippen molar-refractivity contribution < 1.29 is 19.4 Å². The summed E-state index contributed by atoms with van der Waals surface area (Å²) in [6.07, 6.45) is 1.24. The molecule has 2 N–H and O–H groups in total. The largest absolute Gasteiger partial charge is 0.497 e.